The van der Waals surface area contributed by atoms with Crippen molar-refractivity contribution in [1.29, 1.82) is 0 Å². The molecule has 24 heavy (non-hydrogen) atoms. The van der Waals surface area contributed by atoms with Gasteiger partial charge in [0, 0.05) is 30.8 Å². The van der Waals surface area contributed by atoms with Gasteiger partial charge in [-0.15, -0.1) is 35.7 Å². The smallest absolute Gasteiger partial charge is 0.191 e. The Morgan fingerprint density at radius 2 is 1.79 bits per heavy atom. The Morgan fingerprint density at radius 3 is 2.50 bits per heavy atom. The molecule has 2 rings (SSSR count). The van der Waals surface area contributed by atoms with E-state index < -0.39 is 0 Å². The molecule has 2 N–H and O–H groups in total. The molecule has 0 radical (unpaired) electrons. The number of aliphatic imine (C=N–C) groups is 1. The van der Waals surface area contributed by atoms with Gasteiger partial charge < -0.3 is 15.5 Å². The van der Waals surface area contributed by atoms with Crippen molar-refractivity contribution in [2.45, 2.75) is 30.6 Å². The summed E-state index contributed by atoms with van der Waals surface area (Å²) in [6, 6.07) is 10.5. The Kier molecular flexibility index (Phi) is 12.4. The number of likely N-dealkylation sites (tertiary alicyclic amines) is 1. The van der Waals surface area contributed by atoms with E-state index in [-0.39, 0.29) is 24.0 Å². The van der Waals surface area contributed by atoms with E-state index in [0.717, 1.165) is 24.8 Å². The van der Waals surface area contributed by atoms with Gasteiger partial charge in [0.1, 0.15) is 0 Å². The maximum absolute atomic E-state index is 4.28. The second-order valence-electron chi connectivity index (χ2n) is 5.84. The predicted octanol–water partition coefficient (Wildman–Crippen LogP) is 3.44. The lowest BCUT2D eigenvalue weighted by Gasteiger charge is -2.15. The number of rotatable bonds is 9. The van der Waals surface area contributed by atoms with Gasteiger partial charge in [-0.2, -0.15) is 0 Å². The Bertz CT molecular complexity index is 450. The molecular formula is C18H31IN4S. The zero-order valence-electron chi connectivity index (χ0n) is 14.7. The third kappa shape index (κ3) is 9.13. The van der Waals surface area contributed by atoms with Crippen LogP contribution in [0.25, 0.3) is 0 Å². The molecule has 1 aliphatic heterocycles. The van der Waals surface area contributed by atoms with Gasteiger partial charge in [-0.25, -0.2) is 0 Å². The summed E-state index contributed by atoms with van der Waals surface area (Å²) in [6.07, 6.45) is 5.25. The van der Waals surface area contributed by atoms with E-state index in [1.807, 2.05) is 18.8 Å². The molecule has 0 aliphatic carbocycles. The number of guanidine groups is 1. The zero-order chi connectivity index (χ0) is 16.2. The van der Waals surface area contributed by atoms with Crippen LogP contribution < -0.4 is 10.6 Å². The molecule has 136 valence electrons. The Labute approximate surface area is 168 Å². The highest BCUT2D eigenvalue weighted by atomic mass is 127. The molecule has 1 heterocycles. The first-order chi connectivity index (χ1) is 11.4. The maximum atomic E-state index is 4.28. The molecule has 1 aromatic rings. The van der Waals surface area contributed by atoms with E-state index in [1.165, 1.54) is 50.2 Å². The zero-order valence-corrected chi connectivity index (χ0v) is 17.8. The third-order valence-corrected chi connectivity index (χ3v) is 5.04. The number of hydrogen-bond acceptors (Lipinski definition) is 3. The van der Waals surface area contributed by atoms with Crippen molar-refractivity contribution in [3.8, 4) is 0 Å². The van der Waals surface area contributed by atoms with Gasteiger partial charge >= 0.3 is 0 Å². The molecule has 0 bridgehead atoms. The van der Waals surface area contributed by atoms with Gasteiger partial charge in [-0.1, -0.05) is 18.2 Å². The van der Waals surface area contributed by atoms with Gasteiger partial charge in [-0.05, 0) is 57.5 Å². The highest BCUT2D eigenvalue weighted by Gasteiger charge is 2.09. The monoisotopic (exact) mass is 462 g/mol. The van der Waals surface area contributed by atoms with Crippen LogP contribution in [0, 0.1) is 0 Å². The largest absolute Gasteiger partial charge is 0.356 e. The van der Waals surface area contributed by atoms with Gasteiger partial charge in [0.05, 0.1) is 0 Å². The summed E-state index contributed by atoms with van der Waals surface area (Å²) in [6.45, 7) is 5.78. The van der Waals surface area contributed by atoms with E-state index in [9.17, 15) is 0 Å². The predicted molar refractivity (Wildman–Crippen MR) is 117 cm³/mol. The van der Waals surface area contributed by atoms with Gasteiger partial charge in [0.15, 0.2) is 5.96 Å². The van der Waals surface area contributed by atoms with Crippen molar-refractivity contribution >= 4 is 41.7 Å². The second-order valence-corrected chi connectivity index (χ2v) is 7.01. The normalized spacial score (nSPS) is 15.1. The van der Waals surface area contributed by atoms with Crippen LogP contribution in [-0.2, 0) is 0 Å². The standard InChI is InChI=1S/C18H30N4S.HI/c1-19-18(20-11-5-6-13-22-14-7-8-15-22)21-12-16-23-17-9-3-2-4-10-17;/h2-4,9-10H,5-8,11-16H2,1H3,(H2,19,20,21);1H. The topological polar surface area (TPSA) is 39.7 Å². The Morgan fingerprint density at radius 1 is 1.08 bits per heavy atom. The third-order valence-electron chi connectivity index (χ3n) is 4.02. The summed E-state index contributed by atoms with van der Waals surface area (Å²) < 4.78 is 0. The average molecular weight is 462 g/mol. The SMILES string of the molecule is CN=C(NCCCCN1CCCC1)NCCSc1ccccc1.I. The fourth-order valence-corrected chi connectivity index (χ4v) is 3.54. The summed E-state index contributed by atoms with van der Waals surface area (Å²) in [7, 11) is 1.84. The molecule has 0 amide bonds. The van der Waals surface area contributed by atoms with Crippen molar-refractivity contribution in [3.63, 3.8) is 0 Å². The fraction of sp³-hybridized carbons (Fsp3) is 0.611. The van der Waals surface area contributed by atoms with Crippen LogP contribution in [0.4, 0.5) is 0 Å². The van der Waals surface area contributed by atoms with E-state index in [2.05, 4.69) is 50.9 Å². The summed E-state index contributed by atoms with van der Waals surface area (Å²) in [5.41, 5.74) is 0. The van der Waals surface area contributed by atoms with Crippen molar-refractivity contribution in [2.24, 2.45) is 4.99 Å². The number of unbranched alkanes of at least 4 members (excludes halogenated alkanes) is 1. The molecule has 0 aromatic heterocycles. The molecule has 1 fully saturated rings. The van der Waals surface area contributed by atoms with Crippen molar-refractivity contribution in [3.05, 3.63) is 30.3 Å². The van der Waals surface area contributed by atoms with Crippen molar-refractivity contribution in [1.82, 2.24) is 15.5 Å². The molecular weight excluding hydrogens is 431 g/mol. The van der Waals surface area contributed by atoms with Gasteiger partial charge in [0.2, 0.25) is 0 Å². The maximum Gasteiger partial charge on any atom is 0.191 e. The van der Waals surface area contributed by atoms with Gasteiger partial charge in [-0.3, -0.25) is 4.99 Å². The number of benzene rings is 1. The fourth-order valence-electron chi connectivity index (χ4n) is 2.75. The van der Waals surface area contributed by atoms with Gasteiger partial charge in [0.25, 0.3) is 0 Å². The first-order valence-corrected chi connectivity index (χ1v) is 9.72. The van der Waals surface area contributed by atoms with E-state index in [0.29, 0.717) is 0 Å². The Balaban J connectivity index is 0.00000288. The van der Waals surface area contributed by atoms with Crippen LogP contribution in [-0.4, -0.2) is 56.4 Å². The van der Waals surface area contributed by atoms with Crippen LogP contribution in [0.15, 0.2) is 40.2 Å². The summed E-state index contributed by atoms with van der Waals surface area (Å²) in [4.78, 5) is 8.18. The molecule has 1 aromatic carbocycles. The van der Waals surface area contributed by atoms with Crippen LogP contribution in [0.1, 0.15) is 25.7 Å². The highest BCUT2D eigenvalue weighted by Crippen LogP contribution is 2.15. The molecule has 0 spiro atoms. The van der Waals surface area contributed by atoms with E-state index >= 15 is 0 Å². The lowest BCUT2D eigenvalue weighted by Crippen LogP contribution is -2.39. The highest BCUT2D eigenvalue weighted by molar-refractivity contribution is 14.0. The van der Waals surface area contributed by atoms with E-state index in [1.54, 1.807) is 0 Å². The minimum atomic E-state index is 0. The summed E-state index contributed by atoms with van der Waals surface area (Å²) in [5.74, 6) is 1.96. The van der Waals surface area contributed by atoms with Crippen LogP contribution in [0.3, 0.4) is 0 Å². The minimum absolute atomic E-state index is 0. The first-order valence-electron chi connectivity index (χ1n) is 8.73. The quantitative estimate of drug-likeness (QED) is 0.194. The molecule has 0 atom stereocenters. The lowest BCUT2D eigenvalue weighted by atomic mass is 10.3. The number of halogens is 1. The number of thioether (sulfide) groups is 1. The molecule has 1 saturated heterocycles. The molecule has 0 unspecified atom stereocenters. The number of nitrogens with zero attached hydrogens (tertiary/aromatic N) is 2. The molecule has 1 aliphatic rings. The van der Waals surface area contributed by atoms with E-state index in [4.69, 9.17) is 0 Å². The second kappa shape index (κ2) is 13.8. The molecule has 4 nitrogen and oxygen atoms in total. The van der Waals surface area contributed by atoms with Crippen molar-refractivity contribution < 1.29 is 0 Å². The number of nitrogens with one attached hydrogen (secondary N) is 2. The average Bonchev–Trinajstić information content (AvgIpc) is 3.11. The van der Waals surface area contributed by atoms with Crippen molar-refractivity contribution in [2.75, 3.05) is 45.5 Å². The number of hydrogen-bond donors (Lipinski definition) is 2. The summed E-state index contributed by atoms with van der Waals surface area (Å²) >= 11 is 1.87. The van der Waals surface area contributed by atoms with Crippen LogP contribution in [0.5, 0.6) is 0 Å². The van der Waals surface area contributed by atoms with Crippen LogP contribution in [0.2, 0.25) is 0 Å². The lowest BCUT2D eigenvalue weighted by molar-refractivity contribution is 0.330. The minimum Gasteiger partial charge on any atom is -0.356 e. The molecule has 0 saturated carbocycles. The first kappa shape index (κ1) is 21.6. The Hall–Kier alpha value is -0.470. The molecule has 6 heteroatoms. The van der Waals surface area contributed by atoms with Crippen LogP contribution >= 0.6 is 35.7 Å². The summed E-state index contributed by atoms with van der Waals surface area (Å²) in [5, 5.41) is 6.78.